The number of carbonyl (C=O) groups is 1. The number of hydrogen-bond donors (Lipinski definition) is 0. The molecule has 118 valence electrons. The maximum atomic E-state index is 12.4. The molecule has 0 heterocycles. The van der Waals surface area contributed by atoms with Crippen molar-refractivity contribution in [2.45, 2.75) is 32.5 Å². The molecule has 0 aliphatic rings. The van der Waals surface area contributed by atoms with Crippen LogP contribution in [-0.2, 0) is 22.3 Å². The van der Waals surface area contributed by atoms with E-state index in [9.17, 15) is 18.0 Å². The van der Waals surface area contributed by atoms with Crippen molar-refractivity contribution >= 4 is 5.97 Å². The third-order valence-corrected chi connectivity index (χ3v) is 2.89. The molecule has 0 fully saturated rings. The predicted molar refractivity (Wildman–Crippen MR) is 73.6 cm³/mol. The van der Waals surface area contributed by atoms with Crippen LogP contribution in [0.3, 0.4) is 0 Å². The van der Waals surface area contributed by atoms with Crippen LogP contribution in [0.4, 0.5) is 13.2 Å². The Morgan fingerprint density at radius 1 is 1.24 bits per heavy atom. The fourth-order valence-corrected chi connectivity index (χ4v) is 1.76. The zero-order chi connectivity index (χ0) is 15.9. The van der Waals surface area contributed by atoms with Crippen LogP contribution in [0.2, 0.25) is 0 Å². The Bertz CT molecular complexity index is 443. The average Bonchev–Trinajstić information content (AvgIpc) is 2.38. The third kappa shape index (κ3) is 6.62. The summed E-state index contributed by atoms with van der Waals surface area (Å²) in [6, 6.07) is 4.93. The lowest BCUT2D eigenvalue weighted by Gasteiger charge is -2.16. The largest absolute Gasteiger partial charge is 0.465 e. The first-order chi connectivity index (χ1) is 9.82. The summed E-state index contributed by atoms with van der Waals surface area (Å²) in [5.74, 6) is -0.321. The number of nitrogens with zero attached hydrogens (tertiary/aromatic N) is 1. The molecule has 1 rings (SSSR count). The smallest absolute Gasteiger partial charge is 0.416 e. The molecule has 0 atom stereocenters. The topological polar surface area (TPSA) is 29.5 Å². The zero-order valence-electron chi connectivity index (χ0n) is 12.2. The Morgan fingerprint density at radius 2 is 1.86 bits per heavy atom. The van der Waals surface area contributed by atoms with Crippen molar-refractivity contribution in [3.05, 3.63) is 35.4 Å². The van der Waals surface area contributed by atoms with E-state index in [4.69, 9.17) is 4.74 Å². The monoisotopic (exact) mass is 303 g/mol. The lowest BCUT2D eigenvalue weighted by atomic mass is 10.1. The van der Waals surface area contributed by atoms with Gasteiger partial charge in [0.05, 0.1) is 18.7 Å². The van der Waals surface area contributed by atoms with Crippen LogP contribution in [0.1, 0.15) is 30.9 Å². The number of carbonyl (C=O) groups excluding carboxylic acids is 1. The number of hydrogen-bond acceptors (Lipinski definition) is 3. The number of benzene rings is 1. The molecule has 3 nitrogen and oxygen atoms in total. The fourth-order valence-electron chi connectivity index (χ4n) is 1.76. The average molecular weight is 303 g/mol. The van der Waals surface area contributed by atoms with Gasteiger partial charge in [-0.25, -0.2) is 0 Å². The Kier molecular flexibility index (Phi) is 6.68. The SMILES string of the molecule is CCCCOC(=O)CN(C)Cc1ccc(C(F)(F)F)cc1. The second kappa shape index (κ2) is 8.02. The highest BCUT2D eigenvalue weighted by atomic mass is 19.4. The van der Waals surface area contributed by atoms with Gasteiger partial charge in [0.1, 0.15) is 0 Å². The van der Waals surface area contributed by atoms with E-state index in [2.05, 4.69) is 0 Å². The molecule has 0 aromatic heterocycles. The van der Waals surface area contributed by atoms with Gasteiger partial charge in [0.15, 0.2) is 0 Å². The maximum Gasteiger partial charge on any atom is 0.416 e. The molecule has 6 heteroatoms. The lowest BCUT2D eigenvalue weighted by molar-refractivity contribution is -0.144. The highest BCUT2D eigenvalue weighted by Crippen LogP contribution is 2.29. The van der Waals surface area contributed by atoms with E-state index >= 15 is 0 Å². The summed E-state index contributed by atoms with van der Waals surface area (Å²) in [4.78, 5) is 13.2. The van der Waals surface area contributed by atoms with Gasteiger partial charge < -0.3 is 4.74 Å². The highest BCUT2D eigenvalue weighted by molar-refractivity contribution is 5.71. The summed E-state index contributed by atoms with van der Waals surface area (Å²) in [6.07, 6.45) is -2.55. The first-order valence-corrected chi connectivity index (χ1v) is 6.83. The Labute approximate surface area is 122 Å². The number of unbranched alkanes of at least 4 members (excludes halogenated alkanes) is 1. The summed E-state index contributed by atoms with van der Waals surface area (Å²) in [6.45, 7) is 2.92. The maximum absolute atomic E-state index is 12.4. The van der Waals surface area contributed by atoms with Gasteiger partial charge in [0, 0.05) is 6.54 Å². The second-order valence-corrected chi connectivity index (χ2v) is 4.94. The number of ether oxygens (including phenoxy) is 1. The highest BCUT2D eigenvalue weighted by Gasteiger charge is 2.29. The van der Waals surface area contributed by atoms with Gasteiger partial charge in [-0.15, -0.1) is 0 Å². The molecule has 0 spiro atoms. The van der Waals surface area contributed by atoms with E-state index in [1.54, 1.807) is 11.9 Å². The van der Waals surface area contributed by atoms with Crippen LogP contribution in [0, 0.1) is 0 Å². The van der Waals surface area contributed by atoms with E-state index < -0.39 is 11.7 Å². The minimum absolute atomic E-state index is 0.116. The van der Waals surface area contributed by atoms with Crippen LogP contribution in [0.15, 0.2) is 24.3 Å². The van der Waals surface area contributed by atoms with Crippen LogP contribution in [0.25, 0.3) is 0 Å². The molecule has 0 unspecified atom stereocenters. The summed E-state index contributed by atoms with van der Waals surface area (Å²) in [7, 11) is 1.72. The van der Waals surface area contributed by atoms with Crippen LogP contribution in [0.5, 0.6) is 0 Å². The molecule has 0 aliphatic carbocycles. The van der Waals surface area contributed by atoms with Crippen molar-refractivity contribution in [2.24, 2.45) is 0 Å². The first kappa shape index (κ1) is 17.5. The minimum Gasteiger partial charge on any atom is -0.465 e. The van der Waals surface area contributed by atoms with Crippen molar-refractivity contribution in [3.8, 4) is 0 Å². The molecule has 1 aromatic carbocycles. The molecule has 0 aliphatic heterocycles. The summed E-state index contributed by atoms with van der Waals surface area (Å²) >= 11 is 0. The molecular weight excluding hydrogens is 283 g/mol. The molecule has 0 bridgehead atoms. The molecule has 0 amide bonds. The van der Waals surface area contributed by atoms with Gasteiger partial charge in [-0.2, -0.15) is 13.2 Å². The lowest BCUT2D eigenvalue weighted by Crippen LogP contribution is -2.27. The molecule has 0 saturated carbocycles. The summed E-state index contributed by atoms with van der Waals surface area (Å²) in [5.41, 5.74) is 0.0414. The summed E-state index contributed by atoms with van der Waals surface area (Å²) < 4.78 is 42.3. The molecule has 1 aromatic rings. The minimum atomic E-state index is -4.33. The van der Waals surface area contributed by atoms with Crippen LogP contribution in [-0.4, -0.2) is 31.1 Å². The predicted octanol–water partition coefficient (Wildman–Crippen LogP) is 3.48. The summed E-state index contributed by atoms with van der Waals surface area (Å²) in [5, 5.41) is 0. The fraction of sp³-hybridized carbons (Fsp3) is 0.533. The second-order valence-electron chi connectivity index (χ2n) is 4.94. The van der Waals surface area contributed by atoms with Crippen LogP contribution >= 0.6 is 0 Å². The van der Waals surface area contributed by atoms with Gasteiger partial charge in [0.25, 0.3) is 0 Å². The van der Waals surface area contributed by atoms with Crippen molar-refractivity contribution in [1.82, 2.24) is 4.90 Å². The van der Waals surface area contributed by atoms with E-state index in [0.29, 0.717) is 18.7 Å². The number of likely N-dealkylation sites (N-methyl/N-ethyl adjacent to an activating group) is 1. The Morgan fingerprint density at radius 3 is 2.38 bits per heavy atom. The number of esters is 1. The van der Waals surface area contributed by atoms with Crippen molar-refractivity contribution in [3.63, 3.8) is 0 Å². The van der Waals surface area contributed by atoms with E-state index in [1.165, 1.54) is 12.1 Å². The van der Waals surface area contributed by atoms with Gasteiger partial charge in [-0.3, -0.25) is 9.69 Å². The molecule has 0 saturated heterocycles. The van der Waals surface area contributed by atoms with Crippen molar-refractivity contribution < 1.29 is 22.7 Å². The zero-order valence-corrected chi connectivity index (χ0v) is 12.2. The van der Waals surface area contributed by atoms with E-state index in [0.717, 1.165) is 25.0 Å². The van der Waals surface area contributed by atoms with Gasteiger partial charge in [-0.1, -0.05) is 25.5 Å². The number of rotatable bonds is 7. The van der Waals surface area contributed by atoms with Gasteiger partial charge in [-0.05, 0) is 31.2 Å². The Balaban J connectivity index is 2.44. The van der Waals surface area contributed by atoms with Crippen molar-refractivity contribution in [2.75, 3.05) is 20.2 Å². The van der Waals surface area contributed by atoms with E-state index in [-0.39, 0.29) is 12.5 Å². The quantitative estimate of drug-likeness (QED) is 0.570. The molecule has 0 radical (unpaired) electrons. The van der Waals surface area contributed by atoms with E-state index in [1.807, 2.05) is 6.92 Å². The third-order valence-electron chi connectivity index (χ3n) is 2.89. The normalized spacial score (nSPS) is 11.7. The molecule has 0 N–H and O–H groups in total. The van der Waals surface area contributed by atoms with Gasteiger partial charge in [0.2, 0.25) is 0 Å². The molecule has 21 heavy (non-hydrogen) atoms. The number of alkyl halides is 3. The standard InChI is InChI=1S/C15H20F3NO2/c1-3-4-9-21-14(20)11-19(2)10-12-5-7-13(8-6-12)15(16,17)18/h5-8H,3-4,9-11H2,1-2H3. The molecular formula is C15H20F3NO2. The van der Waals surface area contributed by atoms with Gasteiger partial charge >= 0.3 is 12.1 Å². The van der Waals surface area contributed by atoms with Crippen LogP contribution < -0.4 is 0 Å². The first-order valence-electron chi connectivity index (χ1n) is 6.83. The number of halogens is 3. The Hall–Kier alpha value is -1.56. The van der Waals surface area contributed by atoms with Crippen molar-refractivity contribution in [1.29, 1.82) is 0 Å².